The van der Waals surface area contributed by atoms with Crippen molar-refractivity contribution >= 4 is 5.91 Å². The van der Waals surface area contributed by atoms with Crippen LogP contribution >= 0.6 is 0 Å². The third-order valence-corrected chi connectivity index (χ3v) is 6.51. The lowest BCUT2D eigenvalue weighted by Gasteiger charge is -2.30. The molecule has 0 saturated carbocycles. The van der Waals surface area contributed by atoms with Gasteiger partial charge in [0.05, 0.1) is 0 Å². The highest BCUT2D eigenvalue weighted by atomic mass is 16.1. The number of nitrogens with zero attached hydrogens (tertiary/aromatic N) is 1. The highest BCUT2D eigenvalue weighted by molar-refractivity contribution is 5.76. The fourth-order valence-electron chi connectivity index (χ4n) is 4.43. The fourth-order valence-corrected chi connectivity index (χ4v) is 4.43. The van der Waals surface area contributed by atoms with Crippen molar-refractivity contribution < 1.29 is 4.79 Å². The van der Waals surface area contributed by atoms with Gasteiger partial charge in [-0.05, 0) is 80.7 Å². The zero-order valence-electron chi connectivity index (χ0n) is 17.2. The van der Waals surface area contributed by atoms with Crippen LogP contribution in [0.2, 0.25) is 0 Å². The number of hydrogen-bond donors (Lipinski definition) is 2. The number of carbonyl (C=O) groups excluding carboxylic acids is 1. The standard InChI is InChI=1S/C23H37N3O/c1-18-9-12-26(13-10-18)17-22-7-4-3-6-21(22)16-25-23(27)14-19(2)20-8-5-11-24-15-20/h3-4,6-7,18-20,24H,5,8-17H2,1-2H3,(H,25,27). The average Bonchev–Trinajstić information content (AvgIpc) is 2.69. The molecule has 1 aromatic carbocycles. The second-order valence-corrected chi connectivity index (χ2v) is 8.79. The maximum atomic E-state index is 12.5. The van der Waals surface area contributed by atoms with Crippen LogP contribution < -0.4 is 10.6 Å². The maximum absolute atomic E-state index is 12.5. The van der Waals surface area contributed by atoms with Crippen LogP contribution in [0.1, 0.15) is 57.1 Å². The molecule has 2 saturated heterocycles. The van der Waals surface area contributed by atoms with Crippen molar-refractivity contribution in [2.75, 3.05) is 26.2 Å². The molecule has 0 bridgehead atoms. The molecular weight excluding hydrogens is 334 g/mol. The van der Waals surface area contributed by atoms with E-state index in [4.69, 9.17) is 0 Å². The molecule has 2 heterocycles. The summed E-state index contributed by atoms with van der Waals surface area (Å²) in [6.07, 6.45) is 5.72. The van der Waals surface area contributed by atoms with Crippen LogP contribution in [-0.2, 0) is 17.9 Å². The Morgan fingerprint density at radius 3 is 2.67 bits per heavy atom. The van der Waals surface area contributed by atoms with Gasteiger partial charge in [-0.3, -0.25) is 9.69 Å². The molecule has 0 aliphatic carbocycles. The van der Waals surface area contributed by atoms with E-state index >= 15 is 0 Å². The van der Waals surface area contributed by atoms with E-state index in [9.17, 15) is 4.79 Å². The largest absolute Gasteiger partial charge is 0.352 e. The van der Waals surface area contributed by atoms with Gasteiger partial charge in [0.2, 0.25) is 5.91 Å². The molecule has 150 valence electrons. The van der Waals surface area contributed by atoms with Crippen molar-refractivity contribution in [3.05, 3.63) is 35.4 Å². The Balaban J connectivity index is 1.48. The summed E-state index contributed by atoms with van der Waals surface area (Å²) in [7, 11) is 0. The number of amides is 1. The SMILES string of the molecule is CC1CCN(Cc2ccccc2CNC(=O)CC(C)C2CCCNC2)CC1. The lowest BCUT2D eigenvalue weighted by atomic mass is 9.85. The third kappa shape index (κ3) is 6.32. The summed E-state index contributed by atoms with van der Waals surface area (Å²) in [4.78, 5) is 15.0. The molecule has 0 spiro atoms. The van der Waals surface area contributed by atoms with E-state index in [1.54, 1.807) is 0 Å². The van der Waals surface area contributed by atoms with E-state index in [0.29, 0.717) is 24.8 Å². The predicted molar refractivity (Wildman–Crippen MR) is 111 cm³/mol. The van der Waals surface area contributed by atoms with E-state index in [0.717, 1.165) is 25.6 Å². The number of carbonyl (C=O) groups is 1. The predicted octanol–water partition coefficient (Wildman–Crippen LogP) is 3.56. The van der Waals surface area contributed by atoms with Gasteiger partial charge in [-0.15, -0.1) is 0 Å². The number of likely N-dealkylation sites (tertiary alicyclic amines) is 1. The molecule has 2 aliphatic heterocycles. The van der Waals surface area contributed by atoms with E-state index in [2.05, 4.69) is 53.6 Å². The molecule has 1 amide bonds. The van der Waals surface area contributed by atoms with Crippen LogP contribution in [0.3, 0.4) is 0 Å². The van der Waals surface area contributed by atoms with Crippen LogP contribution in [0.4, 0.5) is 0 Å². The van der Waals surface area contributed by atoms with Gasteiger partial charge in [-0.1, -0.05) is 38.1 Å². The zero-order valence-corrected chi connectivity index (χ0v) is 17.2. The summed E-state index contributed by atoms with van der Waals surface area (Å²) in [5.41, 5.74) is 2.62. The molecule has 2 N–H and O–H groups in total. The van der Waals surface area contributed by atoms with E-state index in [-0.39, 0.29) is 5.91 Å². The van der Waals surface area contributed by atoms with Gasteiger partial charge >= 0.3 is 0 Å². The van der Waals surface area contributed by atoms with Crippen molar-refractivity contribution in [2.45, 2.75) is 59.0 Å². The summed E-state index contributed by atoms with van der Waals surface area (Å²) in [5.74, 6) is 2.13. The smallest absolute Gasteiger partial charge is 0.220 e. The van der Waals surface area contributed by atoms with E-state index < -0.39 is 0 Å². The molecule has 4 heteroatoms. The molecule has 0 aromatic heterocycles. The van der Waals surface area contributed by atoms with Crippen LogP contribution in [0.15, 0.2) is 24.3 Å². The Kier molecular flexibility index (Phi) is 7.71. The Morgan fingerprint density at radius 2 is 1.96 bits per heavy atom. The van der Waals surface area contributed by atoms with Crippen molar-refractivity contribution in [2.24, 2.45) is 17.8 Å². The van der Waals surface area contributed by atoms with Crippen molar-refractivity contribution in [3.63, 3.8) is 0 Å². The van der Waals surface area contributed by atoms with Gasteiger partial charge < -0.3 is 10.6 Å². The molecule has 3 rings (SSSR count). The van der Waals surface area contributed by atoms with Crippen molar-refractivity contribution in [1.82, 2.24) is 15.5 Å². The second-order valence-electron chi connectivity index (χ2n) is 8.79. The molecule has 2 unspecified atom stereocenters. The first-order valence-electron chi connectivity index (χ1n) is 10.9. The van der Waals surface area contributed by atoms with Gasteiger partial charge in [0, 0.05) is 19.5 Å². The van der Waals surface area contributed by atoms with E-state index in [1.165, 1.54) is 49.9 Å². The van der Waals surface area contributed by atoms with Gasteiger partial charge in [0.1, 0.15) is 0 Å². The number of rotatable bonds is 7. The molecule has 27 heavy (non-hydrogen) atoms. The van der Waals surface area contributed by atoms with Crippen LogP contribution in [-0.4, -0.2) is 37.0 Å². The minimum absolute atomic E-state index is 0.190. The van der Waals surface area contributed by atoms with Crippen LogP contribution in [0, 0.1) is 17.8 Å². The minimum atomic E-state index is 0.190. The number of nitrogens with one attached hydrogen (secondary N) is 2. The van der Waals surface area contributed by atoms with Crippen molar-refractivity contribution in [3.8, 4) is 0 Å². The molecule has 0 radical (unpaired) electrons. The lowest BCUT2D eigenvalue weighted by molar-refractivity contribution is -0.122. The average molecular weight is 372 g/mol. The lowest BCUT2D eigenvalue weighted by Crippen LogP contribution is -2.35. The van der Waals surface area contributed by atoms with Crippen molar-refractivity contribution in [1.29, 1.82) is 0 Å². The van der Waals surface area contributed by atoms with Gasteiger partial charge in [-0.25, -0.2) is 0 Å². The van der Waals surface area contributed by atoms with Gasteiger partial charge in [0.15, 0.2) is 0 Å². The Morgan fingerprint density at radius 1 is 1.22 bits per heavy atom. The fraction of sp³-hybridized carbons (Fsp3) is 0.696. The summed E-state index contributed by atoms with van der Waals surface area (Å²) in [6.45, 7) is 10.8. The summed E-state index contributed by atoms with van der Waals surface area (Å²) >= 11 is 0. The first kappa shape index (κ1) is 20.3. The highest BCUT2D eigenvalue weighted by Gasteiger charge is 2.22. The Bertz CT molecular complexity index is 589. The highest BCUT2D eigenvalue weighted by Crippen LogP contribution is 2.23. The Labute approximate surface area is 165 Å². The Hall–Kier alpha value is -1.39. The molecule has 2 fully saturated rings. The van der Waals surface area contributed by atoms with Crippen LogP contribution in [0.5, 0.6) is 0 Å². The molecule has 2 aliphatic rings. The molecule has 2 atom stereocenters. The first-order valence-corrected chi connectivity index (χ1v) is 10.9. The van der Waals surface area contributed by atoms with Crippen LogP contribution in [0.25, 0.3) is 0 Å². The zero-order chi connectivity index (χ0) is 19.1. The number of piperidine rings is 2. The molecule has 4 nitrogen and oxygen atoms in total. The van der Waals surface area contributed by atoms with Gasteiger partial charge in [0.25, 0.3) is 0 Å². The normalized spacial score (nSPS) is 23.1. The molecular formula is C23H37N3O. The van der Waals surface area contributed by atoms with Gasteiger partial charge in [-0.2, -0.15) is 0 Å². The maximum Gasteiger partial charge on any atom is 0.220 e. The minimum Gasteiger partial charge on any atom is -0.352 e. The topological polar surface area (TPSA) is 44.4 Å². The quantitative estimate of drug-likeness (QED) is 0.770. The summed E-state index contributed by atoms with van der Waals surface area (Å²) in [5, 5.41) is 6.64. The monoisotopic (exact) mass is 371 g/mol. The molecule has 1 aromatic rings. The number of benzene rings is 1. The third-order valence-electron chi connectivity index (χ3n) is 6.51. The summed E-state index contributed by atoms with van der Waals surface area (Å²) in [6, 6.07) is 8.58. The first-order chi connectivity index (χ1) is 13.1. The van der Waals surface area contributed by atoms with E-state index in [1.807, 2.05) is 0 Å². The summed E-state index contributed by atoms with van der Waals surface area (Å²) < 4.78 is 0. The number of hydrogen-bond acceptors (Lipinski definition) is 3. The second kappa shape index (κ2) is 10.2.